The molecule has 0 saturated heterocycles. The predicted molar refractivity (Wildman–Crippen MR) is 105 cm³/mol. The molecular weight excluding hydrogens is 392 g/mol. The van der Waals surface area contributed by atoms with Gasteiger partial charge in [0.05, 0.1) is 11.4 Å². The van der Waals surface area contributed by atoms with Crippen molar-refractivity contribution in [1.82, 2.24) is 15.0 Å². The monoisotopic (exact) mass is 406 g/mol. The highest BCUT2D eigenvalue weighted by Crippen LogP contribution is 2.25. The van der Waals surface area contributed by atoms with Gasteiger partial charge in [0.1, 0.15) is 10.0 Å². The number of carboxylic acids is 1. The topological polar surface area (TPSA) is 88.0 Å². The fraction of sp³-hybridized carbons (Fsp3) is 0.176. The van der Waals surface area contributed by atoms with Crippen molar-refractivity contribution in [2.45, 2.75) is 18.2 Å². The van der Waals surface area contributed by atoms with E-state index in [4.69, 9.17) is 16.7 Å². The molecule has 2 heterocycles. The summed E-state index contributed by atoms with van der Waals surface area (Å²) in [5.41, 5.74) is 2.32. The van der Waals surface area contributed by atoms with E-state index in [1.54, 1.807) is 24.8 Å². The first-order valence-electron chi connectivity index (χ1n) is 7.58. The summed E-state index contributed by atoms with van der Waals surface area (Å²) in [7, 11) is 0. The van der Waals surface area contributed by atoms with Crippen molar-refractivity contribution in [3.8, 4) is 0 Å². The maximum atomic E-state index is 11.1. The number of thiazole rings is 1. The number of carboxylic acid groups (broad SMARTS) is 1. The Balaban J connectivity index is 1.80. The second kappa shape index (κ2) is 8.03. The van der Waals surface area contributed by atoms with Crippen LogP contribution in [0.3, 0.4) is 0 Å². The van der Waals surface area contributed by atoms with Crippen LogP contribution in [-0.2, 0) is 6.42 Å². The van der Waals surface area contributed by atoms with Gasteiger partial charge in [-0.1, -0.05) is 35.1 Å². The third-order valence-corrected chi connectivity index (χ3v) is 5.50. The Morgan fingerprint density at radius 2 is 2.00 bits per heavy atom. The molecule has 3 aromatic rings. The molecule has 0 aliphatic heterocycles. The summed E-state index contributed by atoms with van der Waals surface area (Å²) in [5.74, 6) is -0.714. The van der Waals surface area contributed by atoms with Gasteiger partial charge in [-0.3, -0.25) is 5.32 Å². The number of halogens is 1. The number of anilines is 2. The maximum Gasteiger partial charge on any atom is 0.347 e. The first kappa shape index (κ1) is 18.6. The van der Waals surface area contributed by atoms with E-state index in [-0.39, 0.29) is 4.88 Å². The van der Waals surface area contributed by atoms with Gasteiger partial charge in [-0.2, -0.15) is 0 Å². The molecule has 0 amide bonds. The van der Waals surface area contributed by atoms with E-state index in [9.17, 15) is 4.79 Å². The number of aromatic nitrogens is 3. The Bertz CT molecular complexity index is 944. The van der Waals surface area contributed by atoms with Crippen LogP contribution in [0.4, 0.5) is 11.1 Å². The molecule has 0 bridgehead atoms. The minimum absolute atomic E-state index is 0.184. The van der Waals surface area contributed by atoms with Gasteiger partial charge in [0.25, 0.3) is 0 Å². The summed E-state index contributed by atoms with van der Waals surface area (Å²) in [6, 6.07) is 9.95. The predicted octanol–water partition coefficient (Wildman–Crippen LogP) is 4.65. The lowest BCUT2D eigenvalue weighted by molar-refractivity contribution is 0.0701. The molecule has 9 heteroatoms. The van der Waals surface area contributed by atoms with Gasteiger partial charge in [-0.15, -0.1) is 11.8 Å². The number of hydrogen-bond acceptors (Lipinski definition) is 7. The second-order valence-corrected chi connectivity index (χ2v) is 7.66. The van der Waals surface area contributed by atoms with Crippen LogP contribution in [0.5, 0.6) is 0 Å². The van der Waals surface area contributed by atoms with Crippen molar-refractivity contribution in [3.05, 3.63) is 57.3 Å². The Morgan fingerprint density at radius 1 is 1.27 bits per heavy atom. The normalized spacial score (nSPS) is 10.7. The molecule has 0 atom stereocenters. The highest BCUT2D eigenvalue weighted by Gasteiger charge is 2.15. The number of thioether (sulfide) groups is 1. The summed E-state index contributed by atoms with van der Waals surface area (Å²) in [6.45, 7) is 1.65. The van der Waals surface area contributed by atoms with Gasteiger partial charge in [-0.05, 0) is 36.9 Å². The number of aromatic carboxylic acids is 1. The summed E-state index contributed by atoms with van der Waals surface area (Å²) in [6.07, 6.45) is 2.65. The van der Waals surface area contributed by atoms with Crippen LogP contribution >= 0.6 is 34.7 Å². The molecule has 3 rings (SSSR count). The molecule has 0 unspecified atom stereocenters. The Hall–Kier alpha value is -2.16. The number of hydrogen-bond donors (Lipinski definition) is 2. The fourth-order valence-electron chi connectivity index (χ4n) is 2.31. The lowest BCUT2D eigenvalue weighted by Gasteiger charge is -2.06. The van der Waals surface area contributed by atoms with Crippen molar-refractivity contribution in [1.29, 1.82) is 0 Å². The fourth-order valence-corrected chi connectivity index (χ4v) is 3.72. The molecule has 26 heavy (non-hydrogen) atoms. The van der Waals surface area contributed by atoms with Gasteiger partial charge in [0, 0.05) is 11.3 Å². The van der Waals surface area contributed by atoms with E-state index in [2.05, 4.69) is 44.5 Å². The molecule has 0 aliphatic rings. The van der Waals surface area contributed by atoms with E-state index < -0.39 is 5.97 Å². The molecule has 0 saturated carbocycles. The van der Waals surface area contributed by atoms with Crippen LogP contribution in [0.15, 0.2) is 35.2 Å². The lowest BCUT2D eigenvalue weighted by Crippen LogP contribution is -2.01. The van der Waals surface area contributed by atoms with Crippen molar-refractivity contribution < 1.29 is 9.90 Å². The number of nitrogens with zero attached hydrogens (tertiary/aromatic N) is 3. The van der Waals surface area contributed by atoms with E-state index in [1.165, 1.54) is 4.90 Å². The zero-order chi connectivity index (χ0) is 18.7. The number of nitrogens with one attached hydrogen (secondary N) is 1. The zero-order valence-electron chi connectivity index (χ0n) is 14.0. The minimum atomic E-state index is -1.01. The van der Waals surface area contributed by atoms with Crippen molar-refractivity contribution in [3.63, 3.8) is 0 Å². The third kappa shape index (κ3) is 4.51. The molecule has 0 spiro atoms. The van der Waals surface area contributed by atoms with Crippen LogP contribution < -0.4 is 5.32 Å². The first-order chi connectivity index (χ1) is 12.4. The van der Waals surface area contributed by atoms with E-state index in [0.717, 1.165) is 22.6 Å². The molecular formula is C17H15ClN4O2S2. The largest absolute Gasteiger partial charge is 0.477 e. The van der Waals surface area contributed by atoms with Gasteiger partial charge in [-0.25, -0.2) is 19.7 Å². The van der Waals surface area contributed by atoms with Gasteiger partial charge < -0.3 is 5.11 Å². The average Bonchev–Trinajstić information content (AvgIpc) is 2.95. The summed E-state index contributed by atoms with van der Waals surface area (Å²) >= 11 is 8.84. The second-order valence-electron chi connectivity index (χ2n) is 5.39. The molecule has 0 radical (unpaired) electrons. The highest BCUT2D eigenvalue weighted by molar-refractivity contribution is 7.98. The van der Waals surface area contributed by atoms with Crippen molar-refractivity contribution >= 4 is 51.7 Å². The summed E-state index contributed by atoms with van der Waals surface area (Å²) in [4.78, 5) is 25.3. The molecule has 2 N–H and O–H groups in total. The molecule has 0 fully saturated rings. The van der Waals surface area contributed by atoms with Crippen LogP contribution in [0.2, 0.25) is 5.15 Å². The Morgan fingerprint density at radius 3 is 2.62 bits per heavy atom. The molecule has 1 aromatic carbocycles. The quantitative estimate of drug-likeness (QED) is 0.455. The third-order valence-electron chi connectivity index (χ3n) is 3.50. The van der Waals surface area contributed by atoms with Crippen molar-refractivity contribution in [2.75, 3.05) is 11.6 Å². The maximum absolute atomic E-state index is 11.1. The standard InChI is InChI=1S/C17H15ClN4O2S2/c1-9-14(15(23)24)26-17(19-9)22-16-20-11(8-13(18)21-16)7-10-3-5-12(25-2)6-4-10/h3-6,8H,7H2,1-2H3,(H,23,24)(H,19,20,21,22). The van der Waals surface area contributed by atoms with Crippen LogP contribution in [-0.4, -0.2) is 32.3 Å². The van der Waals surface area contributed by atoms with Gasteiger partial charge in [0.15, 0.2) is 5.13 Å². The van der Waals surface area contributed by atoms with E-state index >= 15 is 0 Å². The Labute approximate surface area is 163 Å². The highest BCUT2D eigenvalue weighted by atomic mass is 35.5. The number of benzene rings is 1. The van der Waals surface area contributed by atoms with Crippen LogP contribution in [0.1, 0.15) is 26.6 Å². The lowest BCUT2D eigenvalue weighted by atomic mass is 10.1. The van der Waals surface area contributed by atoms with E-state index in [1.807, 2.05) is 6.26 Å². The van der Waals surface area contributed by atoms with Gasteiger partial charge >= 0.3 is 5.97 Å². The summed E-state index contributed by atoms with van der Waals surface area (Å²) < 4.78 is 0. The zero-order valence-corrected chi connectivity index (χ0v) is 16.4. The number of aryl methyl sites for hydroxylation is 1. The smallest absolute Gasteiger partial charge is 0.347 e. The number of carbonyl (C=O) groups is 1. The molecule has 2 aromatic heterocycles. The SMILES string of the molecule is CSc1ccc(Cc2cc(Cl)nc(Nc3nc(C)c(C(=O)O)s3)n2)cc1. The molecule has 0 aliphatic carbocycles. The van der Waals surface area contributed by atoms with E-state index in [0.29, 0.717) is 28.3 Å². The van der Waals surface area contributed by atoms with Crippen molar-refractivity contribution in [2.24, 2.45) is 0 Å². The van der Waals surface area contributed by atoms with Crippen LogP contribution in [0.25, 0.3) is 0 Å². The average molecular weight is 407 g/mol. The summed E-state index contributed by atoms with van der Waals surface area (Å²) in [5, 5.41) is 12.8. The van der Waals surface area contributed by atoms with Crippen LogP contribution in [0, 0.1) is 6.92 Å². The molecule has 134 valence electrons. The first-order valence-corrected chi connectivity index (χ1v) is 10.0. The minimum Gasteiger partial charge on any atom is -0.477 e. The Kier molecular flexibility index (Phi) is 5.75. The van der Waals surface area contributed by atoms with Gasteiger partial charge in [0.2, 0.25) is 5.95 Å². The number of rotatable bonds is 6. The molecule has 6 nitrogen and oxygen atoms in total.